The largest absolute Gasteiger partial charge is 0.389 e. The molecular formula is C14H14IN3S. The van der Waals surface area contributed by atoms with E-state index in [9.17, 15) is 0 Å². The van der Waals surface area contributed by atoms with Crippen molar-refractivity contribution in [2.24, 2.45) is 5.73 Å². The van der Waals surface area contributed by atoms with Gasteiger partial charge in [-0.15, -0.1) is 0 Å². The molecule has 2 rings (SSSR count). The molecule has 3 N–H and O–H groups in total. The van der Waals surface area contributed by atoms with Gasteiger partial charge >= 0.3 is 0 Å². The van der Waals surface area contributed by atoms with E-state index in [0.29, 0.717) is 10.8 Å². The van der Waals surface area contributed by atoms with Gasteiger partial charge in [-0.1, -0.05) is 18.3 Å². The summed E-state index contributed by atoms with van der Waals surface area (Å²) >= 11 is 7.39. The lowest BCUT2D eigenvalue weighted by Crippen LogP contribution is -2.15. The molecule has 19 heavy (non-hydrogen) atoms. The van der Waals surface area contributed by atoms with Crippen molar-refractivity contribution in [1.82, 2.24) is 4.98 Å². The third-order valence-electron chi connectivity index (χ3n) is 2.68. The molecule has 98 valence electrons. The van der Waals surface area contributed by atoms with Gasteiger partial charge in [0, 0.05) is 15.0 Å². The number of rotatable bonds is 3. The second-order valence-electron chi connectivity index (χ2n) is 4.30. The Kier molecular flexibility index (Phi) is 4.36. The highest BCUT2D eigenvalue weighted by atomic mass is 127. The summed E-state index contributed by atoms with van der Waals surface area (Å²) in [7, 11) is 0. The fourth-order valence-corrected chi connectivity index (χ4v) is 2.74. The van der Waals surface area contributed by atoms with Crippen molar-refractivity contribution in [3.8, 4) is 0 Å². The predicted octanol–water partition coefficient (Wildman–Crippen LogP) is 3.68. The quantitative estimate of drug-likeness (QED) is 0.627. The summed E-state index contributed by atoms with van der Waals surface area (Å²) in [5.41, 5.74) is 9.55. The van der Waals surface area contributed by atoms with E-state index < -0.39 is 0 Å². The second kappa shape index (κ2) is 5.83. The third-order valence-corrected chi connectivity index (χ3v) is 3.55. The van der Waals surface area contributed by atoms with Gasteiger partial charge in [-0.25, -0.2) is 4.98 Å². The minimum absolute atomic E-state index is 0.359. The molecule has 0 saturated carbocycles. The normalized spacial score (nSPS) is 10.3. The highest BCUT2D eigenvalue weighted by Gasteiger charge is 2.11. The Morgan fingerprint density at radius 3 is 2.68 bits per heavy atom. The van der Waals surface area contributed by atoms with Crippen molar-refractivity contribution in [1.29, 1.82) is 0 Å². The van der Waals surface area contributed by atoms with Gasteiger partial charge in [-0.2, -0.15) is 0 Å². The first-order valence-corrected chi connectivity index (χ1v) is 7.26. The molecule has 0 bridgehead atoms. The summed E-state index contributed by atoms with van der Waals surface area (Å²) in [5, 5.41) is 3.29. The van der Waals surface area contributed by atoms with Crippen LogP contribution < -0.4 is 11.1 Å². The second-order valence-corrected chi connectivity index (χ2v) is 5.99. The molecule has 0 fully saturated rings. The zero-order chi connectivity index (χ0) is 14.0. The highest BCUT2D eigenvalue weighted by molar-refractivity contribution is 14.1. The average Bonchev–Trinajstić information content (AvgIpc) is 2.26. The van der Waals surface area contributed by atoms with E-state index in [2.05, 4.69) is 32.9 Å². The minimum Gasteiger partial charge on any atom is -0.389 e. The third kappa shape index (κ3) is 3.42. The van der Waals surface area contributed by atoms with Crippen LogP contribution in [-0.4, -0.2) is 9.97 Å². The Bertz CT molecular complexity index is 641. The number of nitrogens with zero attached hydrogens (tertiary/aromatic N) is 1. The number of aromatic nitrogens is 1. The number of nitrogens with one attached hydrogen (secondary N) is 1. The van der Waals surface area contributed by atoms with Gasteiger partial charge in [0.15, 0.2) is 0 Å². The molecule has 3 nitrogen and oxygen atoms in total. The standard InChI is InChI=1S/C14H14IN3S/c1-8-6-9(2)17-14(12(8)13(16)19)18-11-5-3-4-10(15)7-11/h3-7H,1-2H3,(H2,16,19)(H,17,18). The van der Waals surface area contributed by atoms with Crippen LogP contribution in [0.2, 0.25) is 0 Å². The van der Waals surface area contributed by atoms with Gasteiger partial charge in [0.25, 0.3) is 0 Å². The lowest BCUT2D eigenvalue weighted by molar-refractivity contribution is 1.17. The predicted molar refractivity (Wildman–Crippen MR) is 92.0 cm³/mol. The Morgan fingerprint density at radius 1 is 1.32 bits per heavy atom. The number of anilines is 2. The van der Waals surface area contributed by atoms with Crippen LogP contribution >= 0.6 is 34.8 Å². The first kappa shape index (κ1) is 14.2. The van der Waals surface area contributed by atoms with E-state index in [4.69, 9.17) is 18.0 Å². The van der Waals surface area contributed by atoms with Gasteiger partial charge in [-0.3, -0.25) is 0 Å². The lowest BCUT2D eigenvalue weighted by Gasteiger charge is -2.14. The molecule has 1 heterocycles. The Balaban J connectivity index is 2.47. The maximum absolute atomic E-state index is 5.80. The monoisotopic (exact) mass is 383 g/mol. The molecule has 0 amide bonds. The maximum Gasteiger partial charge on any atom is 0.141 e. The summed E-state index contributed by atoms with van der Waals surface area (Å²) in [6, 6.07) is 10.0. The van der Waals surface area contributed by atoms with Crippen LogP contribution in [0.5, 0.6) is 0 Å². The first-order valence-electron chi connectivity index (χ1n) is 5.78. The molecule has 0 aliphatic heterocycles. The number of hydrogen-bond donors (Lipinski definition) is 2. The number of thiocarbonyl (C=S) groups is 1. The molecule has 0 unspecified atom stereocenters. The number of nitrogens with two attached hydrogens (primary N) is 1. The number of halogens is 1. The fourth-order valence-electron chi connectivity index (χ4n) is 1.94. The van der Waals surface area contributed by atoms with Crippen LogP contribution in [-0.2, 0) is 0 Å². The van der Waals surface area contributed by atoms with Crippen molar-refractivity contribution >= 4 is 51.3 Å². The maximum atomic E-state index is 5.80. The average molecular weight is 383 g/mol. The van der Waals surface area contributed by atoms with Crippen LogP contribution in [0.25, 0.3) is 0 Å². The minimum atomic E-state index is 0.359. The van der Waals surface area contributed by atoms with Gasteiger partial charge in [0.05, 0.1) is 5.56 Å². The van der Waals surface area contributed by atoms with Gasteiger partial charge in [-0.05, 0) is 66.3 Å². The van der Waals surface area contributed by atoms with Gasteiger partial charge in [0.2, 0.25) is 0 Å². The Hall–Kier alpha value is -1.21. The van der Waals surface area contributed by atoms with Gasteiger partial charge in [0.1, 0.15) is 10.8 Å². The van der Waals surface area contributed by atoms with Crippen LogP contribution in [0.4, 0.5) is 11.5 Å². The molecule has 5 heteroatoms. The number of pyridine rings is 1. The number of benzene rings is 1. The summed E-state index contributed by atoms with van der Waals surface area (Å²) in [5.74, 6) is 0.715. The van der Waals surface area contributed by atoms with Crippen LogP contribution in [0.3, 0.4) is 0 Å². The van der Waals surface area contributed by atoms with E-state index in [0.717, 1.165) is 26.1 Å². The fraction of sp³-hybridized carbons (Fsp3) is 0.143. The Labute approximate surface area is 131 Å². The molecule has 0 radical (unpaired) electrons. The Morgan fingerprint density at radius 2 is 2.05 bits per heavy atom. The highest BCUT2D eigenvalue weighted by Crippen LogP contribution is 2.23. The van der Waals surface area contributed by atoms with Crippen LogP contribution in [0, 0.1) is 17.4 Å². The van der Waals surface area contributed by atoms with Crippen molar-refractivity contribution in [3.05, 3.63) is 50.7 Å². The van der Waals surface area contributed by atoms with E-state index in [1.165, 1.54) is 0 Å². The van der Waals surface area contributed by atoms with Crippen molar-refractivity contribution < 1.29 is 0 Å². The van der Waals surface area contributed by atoms with Crippen molar-refractivity contribution in [3.63, 3.8) is 0 Å². The molecule has 1 aromatic carbocycles. The molecule has 0 aliphatic carbocycles. The first-order chi connectivity index (χ1) is 8.97. The summed E-state index contributed by atoms with van der Waals surface area (Å²) in [4.78, 5) is 4.86. The van der Waals surface area contributed by atoms with E-state index in [1.807, 2.05) is 44.2 Å². The van der Waals surface area contributed by atoms with E-state index >= 15 is 0 Å². The SMILES string of the molecule is Cc1cc(C)c(C(N)=S)c(Nc2cccc(I)c2)n1. The molecule has 0 spiro atoms. The molecule has 2 aromatic rings. The lowest BCUT2D eigenvalue weighted by atomic mass is 10.1. The number of aryl methyl sites for hydroxylation is 2. The summed E-state index contributed by atoms with van der Waals surface area (Å²) in [6.45, 7) is 3.94. The molecule has 0 saturated heterocycles. The zero-order valence-electron chi connectivity index (χ0n) is 10.7. The molecule has 0 atom stereocenters. The van der Waals surface area contributed by atoms with Crippen molar-refractivity contribution in [2.75, 3.05) is 5.32 Å². The van der Waals surface area contributed by atoms with E-state index in [-0.39, 0.29) is 0 Å². The van der Waals surface area contributed by atoms with Crippen LogP contribution in [0.15, 0.2) is 30.3 Å². The zero-order valence-corrected chi connectivity index (χ0v) is 13.7. The van der Waals surface area contributed by atoms with E-state index in [1.54, 1.807) is 0 Å². The topological polar surface area (TPSA) is 50.9 Å². The molecular weight excluding hydrogens is 369 g/mol. The summed E-state index contributed by atoms with van der Waals surface area (Å²) < 4.78 is 1.16. The molecule has 1 aromatic heterocycles. The van der Waals surface area contributed by atoms with Crippen molar-refractivity contribution in [2.45, 2.75) is 13.8 Å². The summed E-state index contributed by atoms with van der Waals surface area (Å²) in [6.07, 6.45) is 0. The smallest absolute Gasteiger partial charge is 0.141 e. The van der Waals surface area contributed by atoms with Crippen LogP contribution in [0.1, 0.15) is 16.8 Å². The number of hydrogen-bond acceptors (Lipinski definition) is 3. The van der Waals surface area contributed by atoms with Gasteiger partial charge < -0.3 is 11.1 Å². The molecule has 0 aliphatic rings.